The van der Waals surface area contributed by atoms with Gasteiger partial charge in [0.1, 0.15) is 5.82 Å². The van der Waals surface area contributed by atoms with E-state index in [9.17, 15) is 18.8 Å². The van der Waals surface area contributed by atoms with Crippen molar-refractivity contribution in [2.45, 2.75) is 0 Å². The van der Waals surface area contributed by atoms with E-state index in [1.807, 2.05) is 0 Å². The number of hydrogen-bond acceptors (Lipinski definition) is 5. The molecule has 0 bridgehead atoms. The summed E-state index contributed by atoms with van der Waals surface area (Å²) in [5, 5.41) is 6.10. The highest BCUT2D eigenvalue weighted by Crippen LogP contribution is 2.18. The molecule has 0 spiro atoms. The van der Waals surface area contributed by atoms with E-state index in [0.29, 0.717) is 31.9 Å². The first-order valence-electron chi connectivity index (χ1n) is 8.90. The van der Waals surface area contributed by atoms with E-state index < -0.39 is 17.6 Å². The second-order valence-corrected chi connectivity index (χ2v) is 6.15. The van der Waals surface area contributed by atoms with Crippen molar-refractivity contribution in [3.05, 3.63) is 65.5 Å². The molecule has 1 saturated heterocycles. The van der Waals surface area contributed by atoms with Crippen molar-refractivity contribution >= 4 is 29.6 Å². The van der Waals surface area contributed by atoms with Gasteiger partial charge in [0, 0.05) is 13.1 Å². The minimum atomic E-state index is -1.00. The maximum absolute atomic E-state index is 12.9. The molecule has 2 N–H and O–H groups in total. The summed E-state index contributed by atoms with van der Waals surface area (Å²) < 4.78 is 18.1. The topological polar surface area (TPSA) is 100 Å². The Balaban J connectivity index is 1.61. The Morgan fingerprint density at radius 1 is 1.00 bits per heavy atom. The van der Waals surface area contributed by atoms with E-state index in [1.54, 1.807) is 29.2 Å². The normalized spacial score (nSPS) is 13.9. The number of rotatable bonds is 4. The maximum atomic E-state index is 12.9. The number of carbonyl (C=O) groups is 3. The molecule has 1 aliphatic heterocycles. The molecule has 150 valence electrons. The summed E-state index contributed by atoms with van der Waals surface area (Å²) in [7, 11) is 0. The van der Waals surface area contributed by atoms with Crippen LogP contribution in [0.15, 0.2) is 53.6 Å². The van der Waals surface area contributed by atoms with E-state index in [-0.39, 0.29) is 17.2 Å². The summed E-state index contributed by atoms with van der Waals surface area (Å²) >= 11 is 0. The number of benzene rings is 2. The van der Waals surface area contributed by atoms with E-state index in [4.69, 9.17) is 4.74 Å². The van der Waals surface area contributed by atoms with Crippen LogP contribution in [-0.4, -0.2) is 55.1 Å². The van der Waals surface area contributed by atoms with Gasteiger partial charge in [0.05, 0.1) is 30.7 Å². The molecule has 1 fully saturated rings. The fraction of sp³-hybridized carbons (Fsp3) is 0.200. The minimum absolute atomic E-state index is 0.228. The molecule has 3 rings (SSSR count). The molecule has 9 heteroatoms. The lowest BCUT2D eigenvalue weighted by atomic mass is 10.1. The number of amides is 3. The molecule has 2 aromatic carbocycles. The third-order valence-corrected chi connectivity index (χ3v) is 4.16. The van der Waals surface area contributed by atoms with Crippen LogP contribution in [-0.2, 0) is 14.3 Å². The van der Waals surface area contributed by atoms with Gasteiger partial charge in [-0.3, -0.25) is 14.4 Å². The van der Waals surface area contributed by atoms with E-state index in [2.05, 4.69) is 15.8 Å². The number of nitrogens with zero attached hydrogens (tertiary/aromatic N) is 2. The molecule has 29 heavy (non-hydrogen) atoms. The summed E-state index contributed by atoms with van der Waals surface area (Å²) in [6.45, 7) is 1.82. The van der Waals surface area contributed by atoms with Crippen LogP contribution < -0.4 is 10.7 Å². The molecule has 0 radical (unpaired) electrons. The molecule has 0 atom stereocenters. The van der Waals surface area contributed by atoms with Gasteiger partial charge in [0.15, 0.2) is 0 Å². The van der Waals surface area contributed by atoms with Gasteiger partial charge < -0.3 is 15.0 Å². The zero-order valence-corrected chi connectivity index (χ0v) is 15.4. The van der Waals surface area contributed by atoms with Gasteiger partial charge in [-0.1, -0.05) is 24.3 Å². The highest BCUT2D eigenvalue weighted by atomic mass is 19.1. The van der Waals surface area contributed by atoms with Crippen molar-refractivity contribution in [1.29, 1.82) is 0 Å². The van der Waals surface area contributed by atoms with Crippen LogP contribution in [0.3, 0.4) is 0 Å². The van der Waals surface area contributed by atoms with Crippen molar-refractivity contribution in [3.8, 4) is 0 Å². The van der Waals surface area contributed by atoms with E-state index in [1.165, 1.54) is 30.5 Å². The number of halogens is 1. The van der Waals surface area contributed by atoms with Crippen molar-refractivity contribution in [2.75, 3.05) is 31.6 Å². The summed E-state index contributed by atoms with van der Waals surface area (Å²) in [5.41, 5.74) is 3.15. The first-order chi connectivity index (χ1) is 14.0. The fourth-order valence-corrected chi connectivity index (χ4v) is 2.66. The third kappa shape index (κ3) is 5.45. The standard InChI is InChI=1S/C20H19FN4O4/c21-15-7-5-14(6-8-15)13-22-24-19(27)18(26)23-17-4-2-1-3-16(17)20(28)25-9-11-29-12-10-25/h1-8,13H,9-12H2,(H,23,26)(H,24,27)/b22-13-. The van der Waals surface area contributed by atoms with Crippen LogP contribution in [0, 0.1) is 5.82 Å². The summed E-state index contributed by atoms with van der Waals surface area (Å²) in [5.74, 6) is -2.62. The number of para-hydroxylation sites is 1. The number of carbonyl (C=O) groups excluding carboxylic acids is 3. The Hall–Kier alpha value is -3.59. The Kier molecular flexibility index (Phi) is 6.64. The average Bonchev–Trinajstić information content (AvgIpc) is 2.75. The highest BCUT2D eigenvalue weighted by molar-refractivity contribution is 6.40. The highest BCUT2D eigenvalue weighted by Gasteiger charge is 2.22. The molecule has 0 aromatic heterocycles. The van der Waals surface area contributed by atoms with Gasteiger partial charge >= 0.3 is 11.8 Å². The average molecular weight is 398 g/mol. The van der Waals surface area contributed by atoms with Crippen LogP contribution in [0.25, 0.3) is 0 Å². The Morgan fingerprint density at radius 3 is 2.41 bits per heavy atom. The van der Waals surface area contributed by atoms with Crippen molar-refractivity contribution in [2.24, 2.45) is 5.10 Å². The summed E-state index contributed by atoms with van der Waals surface area (Å²) in [6, 6.07) is 11.9. The molecular formula is C20H19FN4O4. The molecule has 1 aliphatic rings. The first kappa shape index (κ1) is 20.2. The van der Waals surface area contributed by atoms with Gasteiger partial charge in [-0.25, -0.2) is 9.82 Å². The molecule has 0 saturated carbocycles. The summed E-state index contributed by atoms with van der Waals surface area (Å²) in [4.78, 5) is 38.4. The Bertz CT molecular complexity index is 924. The lowest BCUT2D eigenvalue weighted by Crippen LogP contribution is -2.41. The van der Waals surface area contributed by atoms with Crippen LogP contribution in [0.5, 0.6) is 0 Å². The van der Waals surface area contributed by atoms with Gasteiger partial charge in [0.2, 0.25) is 0 Å². The zero-order chi connectivity index (χ0) is 20.6. The Labute approximate surface area is 166 Å². The maximum Gasteiger partial charge on any atom is 0.329 e. The molecule has 8 nitrogen and oxygen atoms in total. The molecular weight excluding hydrogens is 379 g/mol. The van der Waals surface area contributed by atoms with Crippen LogP contribution >= 0.6 is 0 Å². The Morgan fingerprint density at radius 2 is 1.69 bits per heavy atom. The molecule has 0 aliphatic carbocycles. The zero-order valence-electron chi connectivity index (χ0n) is 15.4. The van der Waals surface area contributed by atoms with Crippen molar-refractivity contribution < 1.29 is 23.5 Å². The van der Waals surface area contributed by atoms with Crippen LogP contribution in [0.1, 0.15) is 15.9 Å². The smallest absolute Gasteiger partial charge is 0.329 e. The number of morpholine rings is 1. The number of anilines is 1. The van der Waals surface area contributed by atoms with E-state index in [0.717, 1.165) is 0 Å². The van der Waals surface area contributed by atoms with Gasteiger partial charge in [0.25, 0.3) is 5.91 Å². The molecule has 2 aromatic rings. The molecule has 3 amide bonds. The van der Waals surface area contributed by atoms with Crippen molar-refractivity contribution in [1.82, 2.24) is 10.3 Å². The van der Waals surface area contributed by atoms with Gasteiger partial charge in [-0.05, 0) is 29.8 Å². The predicted molar refractivity (Wildman–Crippen MR) is 104 cm³/mol. The monoisotopic (exact) mass is 398 g/mol. The quantitative estimate of drug-likeness (QED) is 0.462. The number of ether oxygens (including phenoxy) is 1. The first-order valence-corrected chi connectivity index (χ1v) is 8.90. The fourth-order valence-electron chi connectivity index (χ4n) is 2.66. The SMILES string of the molecule is O=C(N/N=C\c1ccc(F)cc1)C(=O)Nc1ccccc1C(=O)N1CCOCC1. The predicted octanol–water partition coefficient (Wildman–Crippen LogP) is 1.39. The molecule has 1 heterocycles. The second-order valence-electron chi connectivity index (χ2n) is 6.15. The van der Waals surface area contributed by atoms with Gasteiger partial charge in [-0.15, -0.1) is 0 Å². The minimum Gasteiger partial charge on any atom is -0.378 e. The number of hydrazone groups is 1. The van der Waals surface area contributed by atoms with E-state index >= 15 is 0 Å². The number of nitrogens with one attached hydrogen (secondary N) is 2. The van der Waals surface area contributed by atoms with Gasteiger partial charge in [-0.2, -0.15) is 5.10 Å². The largest absolute Gasteiger partial charge is 0.378 e. The lowest BCUT2D eigenvalue weighted by molar-refractivity contribution is -0.136. The van der Waals surface area contributed by atoms with Crippen LogP contribution in [0.4, 0.5) is 10.1 Å². The summed E-state index contributed by atoms with van der Waals surface area (Å²) in [6.07, 6.45) is 1.28. The van der Waals surface area contributed by atoms with Crippen LogP contribution in [0.2, 0.25) is 0 Å². The second kappa shape index (κ2) is 9.56. The lowest BCUT2D eigenvalue weighted by Gasteiger charge is -2.27. The van der Waals surface area contributed by atoms with Crippen molar-refractivity contribution in [3.63, 3.8) is 0 Å². The number of hydrogen-bond donors (Lipinski definition) is 2. The third-order valence-electron chi connectivity index (χ3n) is 4.16. The molecule has 0 unspecified atom stereocenters.